The lowest BCUT2D eigenvalue weighted by molar-refractivity contribution is -0.384. The second-order valence-corrected chi connectivity index (χ2v) is 3.01. The average Bonchev–Trinajstić information content (AvgIpc) is 2.30. The van der Waals surface area contributed by atoms with E-state index in [1.165, 1.54) is 12.1 Å². The third-order valence-corrected chi connectivity index (χ3v) is 2.04. The molecule has 15 heavy (non-hydrogen) atoms. The molecule has 0 saturated heterocycles. The number of hydrogen-bond donors (Lipinski definition) is 0. The van der Waals surface area contributed by atoms with Gasteiger partial charge in [-0.2, -0.15) is 0 Å². The Hall–Kier alpha value is -2.34. The quantitative estimate of drug-likeness (QED) is 0.548. The fourth-order valence-corrected chi connectivity index (χ4v) is 1.28. The Kier molecular flexibility index (Phi) is 2.34. The number of nitro groups is 1. The van der Waals surface area contributed by atoms with Crippen LogP contribution in [0.2, 0.25) is 0 Å². The summed E-state index contributed by atoms with van der Waals surface area (Å²) in [4.78, 5) is 10.0. The number of nitrogens with zero attached hydrogens (tertiary/aromatic N) is 1. The van der Waals surface area contributed by atoms with Crippen LogP contribution >= 0.6 is 0 Å². The highest BCUT2D eigenvalue weighted by Crippen LogP contribution is 2.20. The highest BCUT2D eigenvalue weighted by molar-refractivity contribution is 5.62. The number of non-ortho nitro benzene ring substituents is 1. The summed E-state index contributed by atoms with van der Waals surface area (Å²) in [7, 11) is 0. The molecule has 3 nitrogen and oxygen atoms in total. The van der Waals surface area contributed by atoms with Gasteiger partial charge in [-0.3, -0.25) is 10.1 Å². The molecule has 0 heterocycles. The molecule has 0 aromatic heterocycles. The Morgan fingerprint density at radius 3 is 2.40 bits per heavy atom. The van der Waals surface area contributed by atoms with Gasteiger partial charge >= 0.3 is 0 Å². The van der Waals surface area contributed by atoms with E-state index < -0.39 is 4.92 Å². The van der Waals surface area contributed by atoms with Gasteiger partial charge in [0.05, 0.1) is 4.92 Å². The lowest BCUT2D eigenvalue weighted by Gasteiger charge is -1.97. The zero-order valence-corrected chi connectivity index (χ0v) is 7.81. The van der Waals surface area contributed by atoms with Gasteiger partial charge in [0.2, 0.25) is 0 Å². The van der Waals surface area contributed by atoms with Crippen LogP contribution in [0.5, 0.6) is 0 Å². The van der Waals surface area contributed by atoms with Crippen molar-refractivity contribution in [3.8, 4) is 11.1 Å². The molecule has 0 aliphatic rings. The van der Waals surface area contributed by atoms with Gasteiger partial charge < -0.3 is 0 Å². The van der Waals surface area contributed by atoms with Crippen LogP contribution in [-0.2, 0) is 0 Å². The first-order valence-corrected chi connectivity index (χ1v) is 4.40. The van der Waals surface area contributed by atoms with E-state index in [0.717, 1.165) is 11.1 Å². The van der Waals surface area contributed by atoms with Crippen molar-refractivity contribution in [2.45, 2.75) is 0 Å². The summed E-state index contributed by atoms with van der Waals surface area (Å²) in [6.45, 7) is 0. The molecule has 0 N–H and O–H groups in total. The molecular weight excluding hydrogens is 190 g/mol. The van der Waals surface area contributed by atoms with Crippen molar-refractivity contribution in [3.63, 3.8) is 0 Å². The van der Waals surface area contributed by atoms with Crippen LogP contribution in [0.25, 0.3) is 11.1 Å². The predicted octanol–water partition coefficient (Wildman–Crippen LogP) is 2.86. The Bertz CT molecular complexity index is 463. The molecule has 0 atom stereocenters. The standard InChI is InChI=1S/C12H7NO2/c14-13(15)12-8-6-11(7-9-12)10-4-2-1-3-5-10/h1-2,4,6-9H. The Morgan fingerprint density at radius 2 is 1.87 bits per heavy atom. The van der Waals surface area contributed by atoms with E-state index >= 15 is 0 Å². The third-order valence-electron chi connectivity index (χ3n) is 2.04. The van der Waals surface area contributed by atoms with Crippen LogP contribution < -0.4 is 0 Å². The van der Waals surface area contributed by atoms with Gasteiger partial charge in [-0.25, -0.2) is 0 Å². The summed E-state index contributed by atoms with van der Waals surface area (Å²) in [5.74, 6) is 0. The average molecular weight is 197 g/mol. The largest absolute Gasteiger partial charge is 0.269 e. The van der Waals surface area contributed by atoms with E-state index in [-0.39, 0.29) is 5.69 Å². The van der Waals surface area contributed by atoms with Crippen LogP contribution in [0.15, 0.2) is 42.5 Å². The molecular formula is C12H7NO2. The number of nitro benzene ring substituents is 1. The van der Waals surface area contributed by atoms with Crippen molar-refractivity contribution in [3.05, 3.63) is 64.7 Å². The van der Waals surface area contributed by atoms with Crippen LogP contribution in [0.3, 0.4) is 0 Å². The maximum absolute atomic E-state index is 10.4. The Morgan fingerprint density at radius 1 is 1.13 bits per heavy atom. The van der Waals surface area contributed by atoms with Crippen molar-refractivity contribution in [1.29, 1.82) is 0 Å². The molecule has 0 amide bonds. The summed E-state index contributed by atoms with van der Waals surface area (Å²) < 4.78 is 0. The van der Waals surface area contributed by atoms with Crippen molar-refractivity contribution in [2.24, 2.45) is 0 Å². The van der Waals surface area contributed by atoms with Crippen LogP contribution in [0, 0.1) is 22.2 Å². The molecule has 0 saturated carbocycles. The summed E-state index contributed by atoms with van der Waals surface area (Å²) >= 11 is 0. The van der Waals surface area contributed by atoms with Crippen molar-refractivity contribution in [1.82, 2.24) is 0 Å². The monoisotopic (exact) mass is 197 g/mol. The minimum Gasteiger partial charge on any atom is -0.258 e. The molecule has 0 aliphatic heterocycles. The van der Waals surface area contributed by atoms with Crippen LogP contribution in [0.4, 0.5) is 5.69 Å². The second kappa shape index (κ2) is 3.81. The van der Waals surface area contributed by atoms with Crippen molar-refractivity contribution >= 4 is 5.69 Å². The summed E-state index contributed by atoms with van der Waals surface area (Å²) in [6.07, 6.45) is 0. The van der Waals surface area contributed by atoms with E-state index in [9.17, 15) is 10.1 Å². The van der Waals surface area contributed by atoms with Crippen molar-refractivity contribution in [2.75, 3.05) is 0 Å². The fraction of sp³-hybridized carbons (Fsp3) is 0. The molecule has 0 fully saturated rings. The van der Waals surface area contributed by atoms with Gasteiger partial charge in [0.15, 0.2) is 0 Å². The maximum atomic E-state index is 10.4. The van der Waals surface area contributed by atoms with Crippen LogP contribution in [0.1, 0.15) is 0 Å². The number of hydrogen-bond acceptors (Lipinski definition) is 2. The molecule has 0 spiro atoms. The van der Waals surface area contributed by atoms with Crippen LogP contribution in [-0.4, -0.2) is 4.92 Å². The fourth-order valence-electron chi connectivity index (χ4n) is 1.28. The van der Waals surface area contributed by atoms with Gasteiger partial charge in [0, 0.05) is 17.7 Å². The minimum absolute atomic E-state index is 0.0960. The smallest absolute Gasteiger partial charge is 0.258 e. The molecule has 2 rings (SSSR count). The first-order valence-electron chi connectivity index (χ1n) is 4.40. The van der Waals surface area contributed by atoms with E-state index in [2.05, 4.69) is 12.1 Å². The van der Waals surface area contributed by atoms with Crippen molar-refractivity contribution < 1.29 is 4.92 Å². The number of benzene rings is 1. The topological polar surface area (TPSA) is 43.1 Å². The molecule has 72 valence electrons. The molecule has 0 unspecified atom stereocenters. The summed E-state index contributed by atoms with van der Waals surface area (Å²) in [5, 5.41) is 10.4. The Balaban J connectivity index is 2.36. The zero-order chi connectivity index (χ0) is 10.7. The maximum Gasteiger partial charge on any atom is 0.269 e. The van der Waals surface area contributed by atoms with Gasteiger partial charge in [-0.15, -0.1) is 0 Å². The molecule has 2 aromatic carbocycles. The SMILES string of the molecule is O=[N+]([O-])c1ccc(-c2c#cccc2)cc1. The lowest BCUT2D eigenvalue weighted by Crippen LogP contribution is -1.86. The lowest BCUT2D eigenvalue weighted by atomic mass is 10.1. The second-order valence-electron chi connectivity index (χ2n) is 3.01. The van der Waals surface area contributed by atoms with Gasteiger partial charge in [-0.05, 0) is 29.8 Å². The van der Waals surface area contributed by atoms with E-state index in [1.807, 2.05) is 12.1 Å². The number of rotatable bonds is 2. The van der Waals surface area contributed by atoms with E-state index in [1.54, 1.807) is 18.2 Å². The summed E-state index contributed by atoms with van der Waals surface area (Å²) in [5.41, 5.74) is 1.88. The highest BCUT2D eigenvalue weighted by atomic mass is 16.6. The molecule has 2 aromatic rings. The summed E-state index contributed by atoms with van der Waals surface area (Å²) in [6, 6.07) is 17.7. The zero-order valence-electron chi connectivity index (χ0n) is 7.81. The molecule has 0 aliphatic carbocycles. The predicted molar refractivity (Wildman–Crippen MR) is 56.2 cm³/mol. The third kappa shape index (κ3) is 1.94. The van der Waals surface area contributed by atoms with Gasteiger partial charge in [0.1, 0.15) is 0 Å². The minimum atomic E-state index is -0.412. The van der Waals surface area contributed by atoms with E-state index in [4.69, 9.17) is 0 Å². The first-order chi connectivity index (χ1) is 7.27. The molecule has 0 bridgehead atoms. The van der Waals surface area contributed by atoms with E-state index in [0.29, 0.717) is 0 Å². The first kappa shape index (κ1) is 9.22. The highest BCUT2D eigenvalue weighted by Gasteiger charge is 2.04. The molecule has 0 radical (unpaired) electrons. The van der Waals surface area contributed by atoms with Gasteiger partial charge in [-0.1, -0.05) is 18.2 Å². The van der Waals surface area contributed by atoms with Gasteiger partial charge in [0.25, 0.3) is 5.69 Å². The molecule has 3 heteroatoms. The normalized spacial score (nSPS) is 9.33. The Labute approximate surface area is 87.1 Å².